The zero-order valence-corrected chi connectivity index (χ0v) is 24.2. The van der Waals surface area contributed by atoms with Crippen LogP contribution in [0.25, 0.3) is 83.1 Å². The first kappa shape index (κ1) is 25.3. The number of hydrogen-bond donors (Lipinski definition) is 0. The van der Waals surface area contributed by atoms with Crippen molar-refractivity contribution >= 4 is 43.5 Å². The van der Waals surface area contributed by atoms with Crippen molar-refractivity contribution in [2.75, 3.05) is 0 Å². The second-order valence-electron chi connectivity index (χ2n) is 11.2. The molecule has 0 saturated heterocycles. The second-order valence-corrected chi connectivity index (χ2v) is 11.2. The third kappa shape index (κ3) is 4.25. The minimum absolute atomic E-state index is 0.682. The smallest absolute Gasteiger partial charge is 0.160 e. The van der Waals surface area contributed by atoms with Gasteiger partial charge in [-0.2, -0.15) is 0 Å². The minimum atomic E-state index is 0.682. The van der Waals surface area contributed by atoms with Crippen molar-refractivity contribution in [3.63, 3.8) is 0 Å². The van der Waals surface area contributed by atoms with Gasteiger partial charge < -0.3 is 4.57 Å². The Kier molecular flexibility index (Phi) is 5.74. The maximum Gasteiger partial charge on any atom is 0.160 e. The summed E-state index contributed by atoms with van der Waals surface area (Å²) in [6.45, 7) is 0. The van der Waals surface area contributed by atoms with Gasteiger partial charge in [0.05, 0.1) is 27.9 Å². The second kappa shape index (κ2) is 10.2. The van der Waals surface area contributed by atoms with E-state index in [-0.39, 0.29) is 0 Å². The van der Waals surface area contributed by atoms with Crippen LogP contribution in [0.4, 0.5) is 0 Å². The van der Waals surface area contributed by atoms with Gasteiger partial charge in [-0.25, -0.2) is 9.97 Å². The normalized spacial score (nSPS) is 11.6. The van der Waals surface area contributed by atoms with E-state index in [0.29, 0.717) is 5.82 Å². The van der Waals surface area contributed by atoms with Crippen LogP contribution in [-0.4, -0.2) is 24.5 Å². The molecule has 0 amide bonds. The quantitative estimate of drug-likeness (QED) is 0.210. The van der Waals surface area contributed by atoms with Crippen molar-refractivity contribution in [2.45, 2.75) is 0 Å². The molecule has 0 aliphatic rings. The highest BCUT2D eigenvalue weighted by Gasteiger charge is 2.15. The molecule has 0 N–H and O–H groups in total. The standard InChI is InChI=1S/C40H25N5/c1-2-8-29-24-38-34(23-28(29)7-1)32-9-4-6-12-37(32)45(38)31-16-13-27(14-17-31)40-43-36-11-5-3-10-33(36)39(44-40)30-15-18-35(42-25-30)26-19-21-41-22-20-26/h1-25H. The number of nitrogens with zero attached hydrogens (tertiary/aromatic N) is 5. The van der Waals surface area contributed by atoms with Crippen LogP contribution >= 0.6 is 0 Å². The zero-order valence-electron chi connectivity index (χ0n) is 24.2. The maximum absolute atomic E-state index is 5.10. The van der Waals surface area contributed by atoms with E-state index in [2.05, 4.69) is 107 Å². The molecule has 0 saturated carbocycles. The van der Waals surface area contributed by atoms with Crippen LogP contribution in [0.1, 0.15) is 0 Å². The van der Waals surface area contributed by atoms with Crippen LogP contribution in [0, 0.1) is 0 Å². The van der Waals surface area contributed by atoms with Crippen molar-refractivity contribution in [2.24, 2.45) is 0 Å². The van der Waals surface area contributed by atoms with E-state index in [9.17, 15) is 0 Å². The number of pyridine rings is 2. The van der Waals surface area contributed by atoms with E-state index in [1.807, 2.05) is 42.6 Å². The Morgan fingerprint density at radius 2 is 1.20 bits per heavy atom. The molecule has 0 fully saturated rings. The molecular formula is C40H25N5. The molecule has 0 spiro atoms. The van der Waals surface area contributed by atoms with E-state index < -0.39 is 0 Å². The van der Waals surface area contributed by atoms with E-state index in [1.165, 1.54) is 32.6 Å². The molecule has 4 aromatic heterocycles. The third-order valence-electron chi connectivity index (χ3n) is 8.54. The average molecular weight is 576 g/mol. The highest BCUT2D eigenvalue weighted by Crippen LogP contribution is 2.36. The Bertz CT molecular complexity index is 2520. The minimum Gasteiger partial charge on any atom is -0.309 e. The number of rotatable bonds is 4. The van der Waals surface area contributed by atoms with Gasteiger partial charge in [0, 0.05) is 57.1 Å². The maximum atomic E-state index is 5.10. The van der Waals surface area contributed by atoms with Crippen molar-refractivity contribution in [1.82, 2.24) is 24.5 Å². The van der Waals surface area contributed by atoms with Crippen LogP contribution < -0.4 is 0 Å². The van der Waals surface area contributed by atoms with Gasteiger partial charge in [-0.15, -0.1) is 0 Å². The Morgan fingerprint density at radius 3 is 2.00 bits per heavy atom. The predicted octanol–water partition coefficient (Wildman–Crippen LogP) is 9.67. The summed E-state index contributed by atoms with van der Waals surface area (Å²) in [4.78, 5) is 19.0. The molecular weight excluding hydrogens is 550 g/mol. The number of aromatic nitrogens is 5. The number of benzene rings is 5. The Balaban J connectivity index is 1.16. The molecule has 0 bridgehead atoms. The number of hydrogen-bond acceptors (Lipinski definition) is 4. The first-order valence-electron chi connectivity index (χ1n) is 15.0. The van der Waals surface area contributed by atoms with Crippen molar-refractivity contribution < 1.29 is 0 Å². The number of fused-ring (bicyclic) bond motifs is 5. The summed E-state index contributed by atoms with van der Waals surface area (Å²) in [5.74, 6) is 0.682. The largest absolute Gasteiger partial charge is 0.309 e. The van der Waals surface area contributed by atoms with E-state index in [1.54, 1.807) is 12.4 Å². The molecule has 0 unspecified atom stereocenters. The van der Waals surface area contributed by atoms with Gasteiger partial charge in [-0.1, -0.05) is 60.7 Å². The summed E-state index contributed by atoms with van der Waals surface area (Å²) in [5, 5.41) is 5.96. The molecule has 5 aromatic carbocycles. The molecule has 45 heavy (non-hydrogen) atoms. The summed E-state index contributed by atoms with van der Waals surface area (Å²) in [7, 11) is 0. The Labute approximate surface area is 259 Å². The van der Waals surface area contributed by atoms with E-state index in [4.69, 9.17) is 15.0 Å². The van der Waals surface area contributed by atoms with Gasteiger partial charge in [-0.3, -0.25) is 9.97 Å². The summed E-state index contributed by atoms with van der Waals surface area (Å²) >= 11 is 0. The Morgan fingerprint density at radius 1 is 0.489 bits per heavy atom. The molecule has 4 heterocycles. The summed E-state index contributed by atoms with van der Waals surface area (Å²) < 4.78 is 2.35. The Hall–Kier alpha value is -6.20. The first-order valence-corrected chi connectivity index (χ1v) is 15.0. The van der Waals surface area contributed by atoms with Gasteiger partial charge in [0.1, 0.15) is 0 Å². The van der Waals surface area contributed by atoms with Crippen molar-refractivity contribution in [3.8, 4) is 39.6 Å². The van der Waals surface area contributed by atoms with Crippen molar-refractivity contribution in [3.05, 3.63) is 152 Å². The molecule has 0 atom stereocenters. The summed E-state index contributed by atoms with van der Waals surface area (Å²) in [5.41, 5.74) is 9.06. The van der Waals surface area contributed by atoms with Gasteiger partial charge in [0.15, 0.2) is 5.82 Å². The molecule has 0 radical (unpaired) electrons. The van der Waals surface area contributed by atoms with Crippen LogP contribution in [0.5, 0.6) is 0 Å². The van der Waals surface area contributed by atoms with E-state index in [0.717, 1.165) is 44.7 Å². The lowest BCUT2D eigenvalue weighted by Crippen LogP contribution is -1.97. The lowest BCUT2D eigenvalue weighted by atomic mass is 10.1. The molecule has 9 aromatic rings. The molecule has 210 valence electrons. The molecule has 5 heteroatoms. The lowest BCUT2D eigenvalue weighted by molar-refractivity contribution is 1.17. The fourth-order valence-electron chi connectivity index (χ4n) is 6.35. The number of para-hydroxylation sites is 2. The molecule has 9 rings (SSSR count). The van der Waals surface area contributed by atoms with E-state index >= 15 is 0 Å². The molecule has 5 nitrogen and oxygen atoms in total. The van der Waals surface area contributed by atoms with Crippen LogP contribution in [0.2, 0.25) is 0 Å². The fourth-order valence-corrected chi connectivity index (χ4v) is 6.35. The van der Waals surface area contributed by atoms with Crippen LogP contribution in [0.15, 0.2) is 152 Å². The fraction of sp³-hybridized carbons (Fsp3) is 0. The first-order chi connectivity index (χ1) is 22.3. The van der Waals surface area contributed by atoms with Crippen molar-refractivity contribution in [1.29, 1.82) is 0 Å². The molecule has 0 aliphatic carbocycles. The SMILES string of the molecule is c1ccc2cc3c(cc2c1)c1ccccc1n3-c1ccc(-c2nc(-c3ccc(-c4ccncc4)nc3)c3ccccc3n2)cc1. The van der Waals surface area contributed by atoms with Crippen LogP contribution in [-0.2, 0) is 0 Å². The van der Waals surface area contributed by atoms with Gasteiger partial charge in [-0.05, 0) is 83.6 Å². The highest BCUT2D eigenvalue weighted by molar-refractivity contribution is 6.13. The van der Waals surface area contributed by atoms with Gasteiger partial charge >= 0.3 is 0 Å². The highest BCUT2D eigenvalue weighted by atomic mass is 15.0. The monoisotopic (exact) mass is 575 g/mol. The predicted molar refractivity (Wildman–Crippen MR) is 183 cm³/mol. The van der Waals surface area contributed by atoms with Crippen LogP contribution in [0.3, 0.4) is 0 Å². The molecule has 0 aliphatic heterocycles. The topological polar surface area (TPSA) is 56.5 Å². The van der Waals surface area contributed by atoms with Gasteiger partial charge in [0.25, 0.3) is 0 Å². The van der Waals surface area contributed by atoms with Gasteiger partial charge in [0.2, 0.25) is 0 Å². The average Bonchev–Trinajstić information content (AvgIpc) is 3.44. The zero-order chi connectivity index (χ0) is 29.7. The summed E-state index contributed by atoms with van der Waals surface area (Å²) in [6.07, 6.45) is 5.45. The third-order valence-corrected chi connectivity index (χ3v) is 8.54. The lowest BCUT2D eigenvalue weighted by Gasteiger charge is -2.11. The summed E-state index contributed by atoms with van der Waals surface area (Å²) in [6, 6.07) is 46.5.